The number of methoxy groups -OCH3 is 2. The number of hydrogen-bond donors (Lipinski definition) is 0. The van der Waals surface area contributed by atoms with E-state index in [4.69, 9.17) is 9.47 Å². The van der Waals surface area contributed by atoms with Gasteiger partial charge in [-0.3, -0.25) is 4.90 Å². The smallest absolute Gasteiger partial charge is 0.161 e. The number of ether oxygens (including phenoxy) is 2. The summed E-state index contributed by atoms with van der Waals surface area (Å²) in [6, 6.07) is 4.49. The van der Waals surface area contributed by atoms with E-state index in [-0.39, 0.29) is 6.04 Å². The maximum atomic E-state index is 5.44. The van der Waals surface area contributed by atoms with Gasteiger partial charge in [0.15, 0.2) is 11.5 Å². The molecule has 3 nitrogen and oxygen atoms in total. The molecular weight excluding hydrogens is 250 g/mol. The fraction of sp³-hybridized carbons (Fsp3) is 0.412. The Labute approximate surface area is 121 Å². The normalized spacial score (nSPS) is 18.9. The van der Waals surface area contributed by atoms with Crippen LogP contribution in [0.4, 0.5) is 0 Å². The Hall–Kier alpha value is -1.74. The molecule has 0 N–H and O–H groups in total. The second-order valence-corrected chi connectivity index (χ2v) is 4.91. The predicted octanol–water partition coefficient (Wildman–Crippen LogP) is 3.37. The van der Waals surface area contributed by atoms with Crippen molar-refractivity contribution in [2.45, 2.75) is 19.4 Å². The van der Waals surface area contributed by atoms with Gasteiger partial charge >= 0.3 is 0 Å². The van der Waals surface area contributed by atoms with Crippen LogP contribution in [0.2, 0.25) is 0 Å². The molecule has 0 saturated carbocycles. The van der Waals surface area contributed by atoms with E-state index >= 15 is 0 Å². The van der Waals surface area contributed by atoms with E-state index in [9.17, 15) is 0 Å². The largest absolute Gasteiger partial charge is 0.493 e. The summed E-state index contributed by atoms with van der Waals surface area (Å²) >= 11 is 0. The summed E-state index contributed by atoms with van der Waals surface area (Å²) in [5.41, 5.74) is 2.64. The topological polar surface area (TPSA) is 21.7 Å². The highest BCUT2D eigenvalue weighted by Crippen LogP contribution is 2.38. The summed E-state index contributed by atoms with van der Waals surface area (Å²) in [4.78, 5) is 2.42. The number of nitrogens with zero attached hydrogens (tertiary/aromatic N) is 1. The number of allylic oxidation sites excluding steroid dienone is 1. The van der Waals surface area contributed by atoms with Crippen LogP contribution in [0.25, 0.3) is 0 Å². The Kier molecular flexibility index (Phi) is 4.85. The van der Waals surface area contributed by atoms with Crippen molar-refractivity contribution in [2.75, 3.05) is 27.3 Å². The third-order valence-corrected chi connectivity index (χ3v) is 3.76. The predicted molar refractivity (Wildman–Crippen MR) is 82.6 cm³/mol. The Bertz CT molecular complexity index is 508. The first kappa shape index (κ1) is 14.7. The molecule has 20 heavy (non-hydrogen) atoms. The summed E-state index contributed by atoms with van der Waals surface area (Å²) in [6.45, 7) is 7.84. The quantitative estimate of drug-likeness (QED) is 0.768. The molecule has 0 aliphatic carbocycles. The highest BCUT2D eigenvalue weighted by atomic mass is 16.5. The van der Waals surface area contributed by atoms with Crippen LogP contribution in [-0.4, -0.2) is 32.2 Å². The number of hydrogen-bond acceptors (Lipinski definition) is 3. The lowest BCUT2D eigenvalue weighted by Crippen LogP contribution is -2.34. The van der Waals surface area contributed by atoms with Gasteiger partial charge in [0, 0.05) is 13.1 Å². The lowest BCUT2D eigenvalue weighted by atomic mass is 9.91. The lowest BCUT2D eigenvalue weighted by molar-refractivity contribution is 0.242. The SMILES string of the molecule is C=CCN1CCc2cc(OC)c(OC)cc2C1/C=C/C. The molecule has 2 rings (SSSR count). The van der Waals surface area contributed by atoms with Gasteiger partial charge in [0.05, 0.1) is 20.3 Å². The average molecular weight is 273 g/mol. The van der Waals surface area contributed by atoms with E-state index in [1.165, 1.54) is 11.1 Å². The van der Waals surface area contributed by atoms with Gasteiger partial charge in [-0.1, -0.05) is 18.2 Å². The molecule has 3 heteroatoms. The monoisotopic (exact) mass is 273 g/mol. The summed E-state index contributed by atoms with van der Waals surface area (Å²) in [7, 11) is 3.36. The zero-order valence-electron chi connectivity index (χ0n) is 12.6. The molecule has 0 saturated heterocycles. The highest BCUT2D eigenvalue weighted by Gasteiger charge is 2.26. The Morgan fingerprint density at radius 2 is 2.00 bits per heavy atom. The molecule has 1 aliphatic rings. The van der Waals surface area contributed by atoms with Gasteiger partial charge in [-0.15, -0.1) is 6.58 Å². The summed E-state index contributed by atoms with van der Waals surface area (Å²) < 4.78 is 10.8. The zero-order valence-corrected chi connectivity index (χ0v) is 12.6. The Morgan fingerprint density at radius 1 is 1.30 bits per heavy atom. The molecule has 0 fully saturated rings. The first-order chi connectivity index (χ1) is 9.74. The number of fused-ring (bicyclic) bond motifs is 1. The molecule has 0 radical (unpaired) electrons. The molecule has 0 spiro atoms. The third kappa shape index (κ3) is 2.73. The standard InChI is InChI=1S/C17H23NO2/c1-5-7-15-14-12-17(20-4)16(19-3)11-13(14)8-10-18(15)9-6-2/h5-7,11-12,15H,2,8-10H2,1,3-4H3/b7-5+. The molecule has 0 amide bonds. The molecule has 1 aromatic carbocycles. The van der Waals surface area contributed by atoms with Crippen LogP contribution in [-0.2, 0) is 6.42 Å². The van der Waals surface area contributed by atoms with Crippen molar-refractivity contribution in [1.29, 1.82) is 0 Å². The van der Waals surface area contributed by atoms with Crippen molar-refractivity contribution in [3.63, 3.8) is 0 Å². The highest BCUT2D eigenvalue weighted by molar-refractivity contribution is 5.50. The minimum Gasteiger partial charge on any atom is -0.493 e. The minimum absolute atomic E-state index is 0.279. The van der Waals surface area contributed by atoms with E-state index in [1.807, 2.05) is 6.08 Å². The van der Waals surface area contributed by atoms with Gasteiger partial charge in [-0.2, -0.15) is 0 Å². The maximum Gasteiger partial charge on any atom is 0.161 e. The summed E-state index contributed by atoms with van der Waals surface area (Å²) in [6.07, 6.45) is 7.32. The fourth-order valence-corrected chi connectivity index (χ4v) is 2.81. The molecule has 1 aliphatic heterocycles. The summed E-state index contributed by atoms with van der Waals surface area (Å²) in [5, 5.41) is 0. The van der Waals surface area contributed by atoms with Gasteiger partial charge in [-0.25, -0.2) is 0 Å². The fourth-order valence-electron chi connectivity index (χ4n) is 2.81. The van der Waals surface area contributed by atoms with E-state index < -0.39 is 0 Å². The molecule has 0 aromatic heterocycles. The van der Waals surface area contributed by atoms with Crippen LogP contribution in [0.3, 0.4) is 0 Å². The van der Waals surface area contributed by atoms with Gasteiger partial charge in [-0.05, 0) is 36.6 Å². The van der Waals surface area contributed by atoms with Crippen LogP contribution in [0.5, 0.6) is 11.5 Å². The van der Waals surface area contributed by atoms with E-state index in [0.717, 1.165) is 31.0 Å². The first-order valence-electron chi connectivity index (χ1n) is 6.97. The molecule has 0 bridgehead atoms. The maximum absolute atomic E-state index is 5.44. The summed E-state index contributed by atoms with van der Waals surface area (Å²) in [5.74, 6) is 1.60. The van der Waals surface area contributed by atoms with Crippen LogP contribution < -0.4 is 9.47 Å². The van der Waals surface area contributed by atoms with Crippen molar-refractivity contribution in [3.8, 4) is 11.5 Å². The van der Waals surface area contributed by atoms with Crippen LogP contribution in [0.15, 0.2) is 36.9 Å². The second-order valence-electron chi connectivity index (χ2n) is 4.91. The molecule has 1 atom stereocenters. The van der Waals surface area contributed by atoms with E-state index in [0.29, 0.717) is 0 Å². The molecular formula is C17H23NO2. The van der Waals surface area contributed by atoms with E-state index in [2.05, 4.69) is 42.7 Å². The van der Waals surface area contributed by atoms with Crippen LogP contribution in [0.1, 0.15) is 24.1 Å². The van der Waals surface area contributed by atoms with Gasteiger partial charge in [0.25, 0.3) is 0 Å². The van der Waals surface area contributed by atoms with Gasteiger partial charge in [0.2, 0.25) is 0 Å². The molecule has 1 unspecified atom stereocenters. The van der Waals surface area contributed by atoms with Crippen LogP contribution in [0, 0.1) is 0 Å². The molecule has 1 heterocycles. The molecule has 1 aromatic rings. The first-order valence-corrected chi connectivity index (χ1v) is 6.97. The van der Waals surface area contributed by atoms with Crippen molar-refractivity contribution in [2.24, 2.45) is 0 Å². The van der Waals surface area contributed by atoms with Crippen molar-refractivity contribution in [3.05, 3.63) is 48.1 Å². The van der Waals surface area contributed by atoms with E-state index in [1.54, 1.807) is 14.2 Å². The zero-order chi connectivity index (χ0) is 14.5. The number of rotatable bonds is 5. The Balaban J connectivity index is 2.47. The van der Waals surface area contributed by atoms with Gasteiger partial charge < -0.3 is 9.47 Å². The van der Waals surface area contributed by atoms with Crippen molar-refractivity contribution >= 4 is 0 Å². The second kappa shape index (κ2) is 6.62. The van der Waals surface area contributed by atoms with Crippen LogP contribution >= 0.6 is 0 Å². The lowest BCUT2D eigenvalue weighted by Gasteiger charge is -2.35. The number of benzene rings is 1. The van der Waals surface area contributed by atoms with Gasteiger partial charge in [0.1, 0.15) is 0 Å². The van der Waals surface area contributed by atoms with Crippen molar-refractivity contribution in [1.82, 2.24) is 4.90 Å². The molecule has 108 valence electrons. The average Bonchev–Trinajstić information content (AvgIpc) is 2.48. The third-order valence-electron chi connectivity index (χ3n) is 3.76. The van der Waals surface area contributed by atoms with Crippen molar-refractivity contribution < 1.29 is 9.47 Å². The minimum atomic E-state index is 0.279. The Morgan fingerprint density at radius 3 is 2.60 bits per heavy atom.